The first kappa shape index (κ1) is 37.0. The zero-order valence-corrected chi connectivity index (χ0v) is 32.7. The standard InChI is InChI=1S/C41H72N2O6/c1-25(2)43-21-27(22-43)42-17-18-48-34(23-42)49-33-13-14-40-24-41(40)16-15-38(8)28(26(3)19-29(47-10)35(45)37(6,7)46)20-32(44)39(38,9)31(41)12-11-30(40)36(33,4)5/h25-35,44-46H,11-24H2,1-10H3/t26-,28-,29?,30+,31?,32+,33+,34+,35+,38-,39-,40-,41?/m1/s1. The van der Waals surface area contributed by atoms with Gasteiger partial charge in [0, 0.05) is 50.8 Å². The lowest BCUT2D eigenvalue weighted by molar-refractivity contribution is -0.253. The molecule has 2 heterocycles. The van der Waals surface area contributed by atoms with Gasteiger partial charge in [-0.25, -0.2) is 0 Å². The first-order chi connectivity index (χ1) is 22.9. The van der Waals surface area contributed by atoms with Crippen LogP contribution in [0.2, 0.25) is 0 Å². The summed E-state index contributed by atoms with van der Waals surface area (Å²) in [5.74, 6) is 1.81. The maximum atomic E-state index is 12.2. The van der Waals surface area contributed by atoms with Crippen molar-refractivity contribution >= 4 is 0 Å². The number of rotatable bonds is 10. The number of methoxy groups -OCH3 is 1. The Morgan fingerprint density at radius 3 is 2.27 bits per heavy atom. The van der Waals surface area contributed by atoms with Crippen molar-refractivity contribution < 1.29 is 29.5 Å². The van der Waals surface area contributed by atoms with E-state index in [1.807, 2.05) is 0 Å². The van der Waals surface area contributed by atoms with Crippen LogP contribution in [0.15, 0.2) is 0 Å². The second-order valence-corrected chi connectivity index (χ2v) is 20.3. The fraction of sp³-hybridized carbons (Fsp3) is 1.00. The number of morpholine rings is 1. The Morgan fingerprint density at radius 2 is 1.61 bits per heavy atom. The van der Waals surface area contributed by atoms with Crippen LogP contribution in [0.5, 0.6) is 0 Å². The van der Waals surface area contributed by atoms with Gasteiger partial charge >= 0.3 is 0 Å². The van der Waals surface area contributed by atoms with E-state index in [-0.39, 0.29) is 40.7 Å². The maximum Gasteiger partial charge on any atom is 0.170 e. The van der Waals surface area contributed by atoms with Gasteiger partial charge in [-0.1, -0.05) is 34.6 Å². The molecule has 0 aromatic carbocycles. The van der Waals surface area contributed by atoms with Gasteiger partial charge in [-0.15, -0.1) is 0 Å². The highest BCUT2D eigenvalue weighted by Crippen LogP contribution is 2.89. The fourth-order valence-electron chi connectivity index (χ4n) is 14.2. The predicted molar refractivity (Wildman–Crippen MR) is 192 cm³/mol. The van der Waals surface area contributed by atoms with Crippen molar-refractivity contribution in [3.8, 4) is 0 Å². The second-order valence-electron chi connectivity index (χ2n) is 20.3. The molecule has 0 aromatic rings. The number of aliphatic hydroxyl groups is 3. The number of likely N-dealkylation sites (tertiary alicyclic amines) is 1. The summed E-state index contributed by atoms with van der Waals surface area (Å²) in [6.07, 6.45) is 8.44. The molecule has 2 saturated heterocycles. The topological polar surface area (TPSA) is 94.9 Å². The molecule has 8 nitrogen and oxygen atoms in total. The number of hydrogen-bond acceptors (Lipinski definition) is 8. The van der Waals surface area contributed by atoms with Crippen LogP contribution in [0.1, 0.15) is 120 Å². The molecule has 5 aliphatic carbocycles. The number of ether oxygens (including phenoxy) is 3. The lowest BCUT2D eigenvalue weighted by Crippen LogP contribution is -2.64. The van der Waals surface area contributed by atoms with E-state index in [0.717, 1.165) is 39.0 Å². The third kappa shape index (κ3) is 5.40. The molecule has 0 bridgehead atoms. The highest BCUT2D eigenvalue weighted by atomic mass is 16.7. The van der Waals surface area contributed by atoms with Crippen LogP contribution < -0.4 is 0 Å². The van der Waals surface area contributed by atoms with Gasteiger partial charge in [0.15, 0.2) is 6.29 Å². The molecule has 7 rings (SSSR count). The Labute approximate surface area is 298 Å². The molecule has 0 aromatic heterocycles. The lowest BCUT2D eigenvalue weighted by Gasteiger charge is -2.64. The molecule has 8 heteroatoms. The number of aliphatic hydroxyl groups excluding tert-OH is 2. The van der Waals surface area contributed by atoms with Crippen molar-refractivity contribution in [3.05, 3.63) is 0 Å². The summed E-state index contributed by atoms with van der Waals surface area (Å²) in [6, 6.07) is 1.26. The minimum atomic E-state index is -1.22. The molecular weight excluding hydrogens is 616 g/mol. The Morgan fingerprint density at radius 1 is 0.939 bits per heavy atom. The summed E-state index contributed by atoms with van der Waals surface area (Å²) in [5, 5.41) is 33.6. The van der Waals surface area contributed by atoms with E-state index in [0.29, 0.717) is 47.1 Å². The van der Waals surface area contributed by atoms with Crippen LogP contribution in [0.25, 0.3) is 0 Å². The normalized spacial score (nSPS) is 47.4. The summed E-state index contributed by atoms with van der Waals surface area (Å²) in [6.45, 7) is 25.2. The predicted octanol–water partition coefficient (Wildman–Crippen LogP) is 5.71. The van der Waals surface area contributed by atoms with Crippen molar-refractivity contribution in [2.75, 3.05) is 39.9 Å². The SMILES string of the molecule is COC(C[C@@H](C)[C@H]1C[C@H](O)[C@@]2(C)C3CC[C@H]4C(C)(C)[C@@H](O[C@H]5CN(C6CN(C(C)C)C6)CCO5)CC[C@@]45CC35CC[C@]12C)[C@H](O)C(C)(C)O. The largest absolute Gasteiger partial charge is 0.393 e. The van der Waals surface area contributed by atoms with Crippen molar-refractivity contribution in [1.29, 1.82) is 0 Å². The smallest absolute Gasteiger partial charge is 0.170 e. The van der Waals surface area contributed by atoms with Crippen molar-refractivity contribution in [1.82, 2.24) is 9.80 Å². The monoisotopic (exact) mass is 689 g/mol. The van der Waals surface area contributed by atoms with Gasteiger partial charge in [-0.2, -0.15) is 0 Å². The van der Waals surface area contributed by atoms with Gasteiger partial charge in [0.2, 0.25) is 0 Å². The fourth-order valence-corrected chi connectivity index (χ4v) is 14.2. The summed E-state index contributed by atoms with van der Waals surface area (Å²) >= 11 is 0. The average molecular weight is 689 g/mol. The third-order valence-electron chi connectivity index (χ3n) is 17.4. The Kier molecular flexibility index (Phi) is 9.34. The molecule has 2 spiro atoms. The first-order valence-corrected chi connectivity index (χ1v) is 20.2. The summed E-state index contributed by atoms with van der Waals surface area (Å²) in [5.41, 5.74) is -0.522. The molecule has 2 aliphatic heterocycles. The highest BCUT2D eigenvalue weighted by Gasteiger charge is 2.83. The van der Waals surface area contributed by atoms with Gasteiger partial charge in [0.25, 0.3) is 0 Å². The van der Waals surface area contributed by atoms with Crippen LogP contribution in [0.3, 0.4) is 0 Å². The van der Waals surface area contributed by atoms with E-state index in [9.17, 15) is 15.3 Å². The maximum absolute atomic E-state index is 12.2. The molecule has 7 fully saturated rings. The third-order valence-corrected chi connectivity index (χ3v) is 17.4. The molecule has 0 radical (unpaired) electrons. The molecule has 3 N–H and O–H groups in total. The number of nitrogens with zero attached hydrogens (tertiary/aromatic N) is 2. The van der Waals surface area contributed by atoms with Crippen LogP contribution >= 0.6 is 0 Å². The molecule has 49 heavy (non-hydrogen) atoms. The Hall–Kier alpha value is -0.320. The van der Waals surface area contributed by atoms with Gasteiger partial charge in [-0.3, -0.25) is 9.80 Å². The van der Waals surface area contributed by atoms with Crippen LogP contribution in [0.4, 0.5) is 0 Å². The molecular formula is C41H72N2O6. The van der Waals surface area contributed by atoms with Crippen LogP contribution in [0, 0.1) is 50.7 Å². The lowest BCUT2D eigenvalue weighted by atomic mass is 9.41. The van der Waals surface area contributed by atoms with Crippen molar-refractivity contribution in [2.24, 2.45) is 50.7 Å². The van der Waals surface area contributed by atoms with E-state index in [1.54, 1.807) is 21.0 Å². The minimum Gasteiger partial charge on any atom is -0.393 e. The van der Waals surface area contributed by atoms with Gasteiger partial charge < -0.3 is 29.5 Å². The minimum absolute atomic E-state index is 0.0308. The first-order valence-electron chi connectivity index (χ1n) is 20.2. The molecule has 0 amide bonds. The van der Waals surface area contributed by atoms with Crippen LogP contribution in [-0.4, -0.2) is 113 Å². The molecule has 3 unspecified atom stereocenters. The number of fused-ring (bicyclic) bond motifs is 2. The summed E-state index contributed by atoms with van der Waals surface area (Å²) in [4.78, 5) is 5.18. The Bertz CT molecular complexity index is 1220. The van der Waals surface area contributed by atoms with E-state index >= 15 is 0 Å². The number of hydrogen-bond donors (Lipinski definition) is 3. The second kappa shape index (κ2) is 12.4. The van der Waals surface area contributed by atoms with Gasteiger partial charge in [-0.05, 0) is 131 Å². The van der Waals surface area contributed by atoms with Crippen molar-refractivity contribution in [2.45, 2.75) is 168 Å². The van der Waals surface area contributed by atoms with Gasteiger partial charge in [0.05, 0.1) is 30.5 Å². The van der Waals surface area contributed by atoms with Gasteiger partial charge in [0.1, 0.15) is 6.10 Å². The highest BCUT2D eigenvalue weighted by molar-refractivity contribution is 5.31. The zero-order valence-electron chi connectivity index (χ0n) is 32.7. The van der Waals surface area contributed by atoms with E-state index < -0.39 is 17.8 Å². The van der Waals surface area contributed by atoms with E-state index in [2.05, 4.69) is 58.3 Å². The molecule has 13 atom stereocenters. The van der Waals surface area contributed by atoms with Crippen LogP contribution in [-0.2, 0) is 14.2 Å². The quantitative estimate of drug-likeness (QED) is 0.269. The summed E-state index contributed by atoms with van der Waals surface area (Å²) in [7, 11) is 1.64. The zero-order chi connectivity index (χ0) is 35.5. The van der Waals surface area contributed by atoms with E-state index in [1.165, 1.54) is 45.2 Å². The van der Waals surface area contributed by atoms with Crippen molar-refractivity contribution in [3.63, 3.8) is 0 Å². The summed E-state index contributed by atoms with van der Waals surface area (Å²) < 4.78 is 19.1. The Balaban J connectivity index is 1.04. The molecule has 5 saturated carbocycles. The average Bonchev–Trinajstić information content (AvgIpc) is 3.62. The van der Waals surface area contributed by atoms with E-state index in [4.69, 9.17) is 14.2 Å². The molecule has 282 valence electrons. The molecule has 7 aliphatic rings.